The molecule has 0 bridgehead atoms. The molecule has 0 aliphatic rings. The summed E-state index contributed by atoms with van der Waals surface area (Å²) in [5, 5.41) is 0. The van der Waals surface area contributed by atoms with Gasteiger partial charge in [-0.25, -0.2) is 13.1 Å². The Labute approximate surface area is 149 Å². The lowest BCUT2D eigenvalue weighted by molar-refractivity contribution is -0.139. The number of sulfonamides is 1. The summed E-state index contributed by atoms with van der Waals surface area (Å²) in [6, 6.07) is 9.13. The van der Waals surface area contributed by atoms with Crippen molar-refractivity contribution in [3.8, 4) is 11.5 Å². The van der Waals surface area contributed by atoms with E-state index in [2.05, 4.69) is 4.72 Å². The Bertz CT molecular complexity index is 867. The average Bonchev–Trinajstić information content (AvgIpc) is 2.60. The van der Waals surface area contributed by atoms with Gasteiger partial charge in [-0.05, 0) is 36.2 Å². The molecular weight excluding hydrogens is 371 g/mol. The van der Waals surface area contributed by atoms with Crippen LogP contribution in [0.25, 0.3) is 0 Å². The summed E-state index contributed by atoms with van der Waals surface area (Å²) >= 11 is 0. The quantitative estimate of drug-likeness (QED) is 0.790. The first kappa shape index (κ1) is 20.1. The molecule has 2 rings (SSSR count). The molecule has 5 nitrogen and oxygen atoms in total. The lowest BCUT2D eigenvalue weighted by Crippen LogP contribution is -2.28. The summed E-state index contributed by atoms with van der Waals surface area (Å²) < 4.78 is 76.0. The Morgan fingerprint density at radius 3 is 2.27 bits per heavy atom. The zero-order valence-corrected chi connectivity index (χ0v) is 14.9. The van der Waals surface area contributed by atoms with Crippen LogP contribution < -0.4 is 14.2 Å². The topological polar surface area (TPSA) is 64.6 Å². The minimum absolute atomic E-state index is 0.0655. The zero-order chi connectivity index (χ0) is 19.4. The molecule has 0 spiro atoms. The summed E-state index contributed by atoms with van der Waals surface area (Å²) in [7, 11) is -1.34. The molecule has 0 atom stereocenters. The van der Waals surface area contributed by atoms with Gasteiger partial charge in [-0.1, -0.05) is 18.2 Å². The number of hydrogen-bond donors (Lipinski definition) is 1. The average molecular weight is 389 g/mol. The van der Waals surface area contributed by atoms with Gasteiger partial charge in [-0.15, -0.1) is 0 Å². The second-order valence-corrected chi connectivity index (χ2v) is 7.07. The van der Waals surface area contributed by atoms with Gasteiger partial charge in [0, 0.05) is 6.54 Å². The summed E-state index contributed by atoms with van der Waals surface area (Å²) in [6.45, 7) is -0.0655. The fourth-order valence-electron chi connectivity index (χ4n) is 2.38. The molecule has 9 heteroatoms. The number of alkyl halides is 3. The van der Waals surface area contributed by atoms with Crippen molar-refractivity contribution >= 4 is 10.0 Å². The minimum atomic E-state index is -4.76. The molecule has 0 aliphatic heterocycles. The highest BCUT2D eigenvalue weighted by molar-refractivity contribution is 7.89. The SMILES string of the molecule is COc1ccc(CCNS(=O)(=O)c2ccccc2C(F)(F)F)cc1OC. The number of hydrogen-bond acceptors (Lipinski definition) is 4. The van der Waals surface area contributed by atoms with Crippen LogP contribution in [0.3, 0.4) is 0 Å². The summed E-state index contributed by atoms with van der Waals surface area (Å²) in [6.07, 6.45) is -4.48. The van der Waals surface area contributed by atoms with E-state index in [-0.39, 0.29) is 13.0 Å². The maximum atomic E-state index is 13.0. The van der Waals surface area contributed by atoms with Crippen molar-refractivity contribution < 1.29 is 31.1 Å². The van der Waals surface area contributed by atoms with Crippen molar-refractivity contribution in [3.05, 3.63) is 53.6 Å². The molecule has 0 aromatic heterocycles. The van der Waals surface area contributed by atoms with Gasteiger partial charge in [-0.3, -0.25) is 0 Å². The minimum Gasteiger partial charge on any atom is -0.493 e. The maximum Gasteiger partial charge on any atom is 0.417 e. The molecule has 0 amide bonds. The summed E-state index contributed by atoms with van der Waals surface area (Å²) in [4.78, 5) is -0.792. The lowest BCUT2D eigenvalue weighted by Gasteiger charge is -2.14. The molecule has 1 N–H and O–H groups in total. The predicted molar refractivity (Wildman–Crippen MR) is 89.9 cm³/mol. The van der Waals surface area contributed by atoms with Crippen LogP contribution in [-0.4, -0.2) is 29.2 Å². The third-order valence-electron chi connectivity index (χ3n) is 3.64. The van der Waals surface area contributed by atoms with E-state index in [1.54, 1.807) is 18.2 Å². The highest BCUT2D eigenvalue weighted by atomic mass is 32.2. The van der Waals surface area contributed by atoms with Gasteiger partial charge in [0.1, 0.15) is 0 Å². The van der Waals surface area contributed by atoms with Crippen molar-refractivity contribution in [2.75, 3.05) is 20.8 Å². The van der Waals surface area contributed by atoms with Gasteiger partial charge in [0.2, 0.25) is 10.0 Å². The molecule has 0 fully saturated rings. The molecule has 0 heterocycles. The Morgan fingerprint density at radius 2 is 1.65 bits per heavy atom. The molecule has 0 saturated carbocycles. The Balaban J connectivity index is 2.13. The first-order valence-corrected chi connectivity index (χ1v) is 9.04. The number of benzene rings is 2. The van der Waals surface area contributed by atoms with Gasteiger partial charge in [0.25, 0.3) is 0 Å². The summed E-state index contributed by atoms with van der Waals surface area (Å²) in [5.74, 6) is 1.01. The summed E-state index contributed by atoms with van der Waals surface area (Å²) in [5.41, 5.74) is -0.451. The van der Waals surface area contributed by atoms with Crippen molar-refractivity contribution in [2.45, 2.75) is 17.5 Å². The molecule has 0 aliphatic carbocycles. The van der Waals surface area contributed by atoms with E-state index < -0.39 is 26.7 Å². The molecule has 142 valence electrons. The van der Waals surface area contributed by atoms with E-state index in [4.69, 9.17) is 9.47 Å². The first-order valence-electron chi connectivity index (χ1n) is 7.56. The maximum absolute atomic E-state index is 13.0. The molecule has 0 radical (unpaired) electrons. The third-order valence-corrected chi connectivity index (χ3v) is 5.15. The van der Waals surface area contributed by atoms with Crippen LogP contribution in [0, 0.1) is 0 Å². The van der Waals surface area contributed by atoms with Gasteiger partial charge in [0.05, 0.1) is 24.7 Å². The number of methoxy groups -OCH3 is 2. The number of nitrogens with one attached hydrogen (secondary N) is 1. The first-order chi connectivity index (χ1) is 12.2. The van der Waals surface area contributed by atoms with Crippen molar-refractivity contribution in [1.82, 2.24) is 4.72 Å². The van der Waals surface area contributed by atoms with Gasteiger partial charge in [-0.2, -0.15) is 13.2 Å². The molecule has 26 heavy (non-hydrogen) atoms. The third kappa shape index (κ3) is 4.67. The Hall–Kier alpha value is -2.26. The fourth-order valence-corrected chi connectivity index (χ4v) is 3.64. The lowest BCUT2D eigenvalue weighted by atomic mass is 10.1. The van der Waals surface area contributed by atoms with Crippen LogP contribution in [-0.2, 0) is 22.6 Å². The Kier molecular flexibility index (Phi) is 6.14. The standard InChI is InChI=1S/C17H18F3NO4S/c1-24-14-8-7-12(11-15(14)25-2)9-10-21-26(22,23)16-6-4-3-5-13(16)17(18,19)20/h3-8,11,21H,9-10H2,1-2H3. The van der Waals surface area contributed by atoms with E-state index >= 15 is 0 Å². The van der Waals surface area contributed by atoms with Crippen LogP contribution in [0.15, 0.2) is 47.4 Å². The van der Waals surface area contributed by atoms with E-state index in [9.17, 15) is 21.6 Å². The van der Waals surface area contributed by atoms with Crippen LogP contribution >= 0.6 is 0 Å². The number of ether oxygens (including phenoxy) is 2. The normalized spacial score (nSPS) is 12.0. The molecule has 0 saturated heterocycles. The molecule has 0 unspecified atom stereocenters. The van der Waals surface area contributed by atoms with Gasteiger partial charge in [0.15, 0.2) is 11.5 Å². The van der Waals surface area contributed by atoms with E-state index in [1.807, 2.05) is 0 Å². The van der Waals surface area contributed by atoms with Crippen LogP contribution in [0.1, 0.15) is 11.1 Å². The zero-order valence-electron chi connectivity index (χ0n) is 14.1. The van der Waals surface area contributed by atoms with Crippen LogP contribution in [0.2, 0.25) is 0 Å². The van der Waals surface area contributed by atoms with E-state index in [0.717, 1.165) is 23.8 Å². The second-order valence-electron chi connectivity index (χ2n) is 5.33. The van der Waals surface area contributed by atoms with Crippen molar-refractivity contribution in [3.63, 3.8) is 0 Å². The highest BCUT2D eigenvalue weighted by Crippen LogP contribution is 2.34. The van der Waals surface area contributed by atoms with E-state index in [1.165, 1.54) is 20.3 Å². The predicted octanol–water partition coefficient (Wildman–Crippen LogP) is 3.24. The van der Waals surface area contributed by atoms with Crippen LogP contribution in [0.4, 0.5) is 13.2 Å². The van der Waals surface area contributed by atoms with Crippen molar-refractivity contribution in [2.24, 2.45) is 0 Å². The smallest absolute Gasteiger partial charge is 0.417 e. The van der Waals surface area contributed by atoms with Crippen molar-refractivity contribution in [1.29, 1.82) is 0 Å². The molecular formula is C17H18F3NO4S. The highest BCUT2D eigenvalue weighted by Gasteiger charge is 2.36. The van der Waals surface area contributed by atoms with Crippen LogP contribution in [0.5, 0.6) is 11.5 Å². The number of halogens is 3. The second kappa shape index (κ2) is 7.96. The largest absolute Gasteiger partial charge is 0.493 e. The number of rotatable bonds is 7. The fraction of sp³-hybridized carbons (Fsp3) is 0.294. The molecule has 2 aromatic carbocycles. The monoisotopic (exact) mass is 389 g/mol. The van der Waals surface area contributed by atoms with Gasteiger partial charge >= 0.3 is 6.18 Å². The molecule has 2 aromatic rings. The van der Waals surface area contributed by atoms with E-state index in [0.29, 0.717) is 11.5 Å². The van der Waals surface area contributed by atoms with Gasteiger partial charge < -0.3 is 9.47 Å². The Morgan fingerprint density at radius 1 is 1.00 bits per heavy atom.